The Morgan fingerprint density at radius 2 is 2.15 bits per heavy atom. The first-order chi connectivity index (χ1) is 6.16. The van der Waals surface area contributed by atoms with Gasteiger partial charge in [0.15, 0.2) is 0 Å². The maximum absolute atomic E-state index is 11.2. The Morgan fingerprint density at radius 1 is 1.46 bits per heavy atom. The SMILES string of the molecule is Cn1c(CCCN)c(N)ccc1=O. The molecule has 0 atom stereocenters. The molecule has 0 aliphatic rings. The van der Waals surface area contributed by atoms with Crippen molar-refractivity contribution in [3.63, 3.8) is 0 Å². The van der Waals surface area contributed by atoms with E-state index in [1.54, 1.807) is 17.7 Å². The van der Waals surface area contributed by atoms with Gasteiger partial charge in [0.05, 0.1) is 5.69 Å². The molecule has 1 heterocycles. The summed E-state index contributed by atoms with van der Waals surface area (Å²) in [5.41, 5.74) is 12.6. The smallest absolute Gasteiger partial charge is 0.250 e. The predicted molar refractivity (Wildman–Crippen MR) is 53.5 cm³/mol. The summed E-state index contributed by atoms with van der Waals surface area (Å²) in [5.74, 6) is 0. The van der Waals surface area contributed by atoms with Crippen molar-refractivity contribution in [2.75, 3.05) is 12.3 Å². The van der Waals surface area contributed by atoms with E-state index in [9.17, 15) is 4.79 Å². The number of nitrogens with zero attached hydrogens (tertiary/aromatic N) is 1. The van der Waals surface area contributed by atoms with Crippen LogP contribution in [0.15, 0.2) is 16.9 Å². The molecule has 0 radical (unpaired) electrons. The summed E-state index contributed by atoms with van der Waals surface area (Å²) in [7, 11) is 1.73. The number of hydrogen-bond donors (Lipinski definition) is 2. The van der Waals surface area contributed by atoms with E-state index in [1.165, 1.54) is 6.07 Å². The van der Waals surface area contributed by atoms with Gasteiger partial charge >= 0.3 is 0 Å². The zero-order valence-corrected chi connectivity index (χ0v) is 7.79. The second-order valence-corrected chi connectivity index (χ2v) is 3.02. The standard InChI is InChI=1S/C9H15N3O/c1-12-8(3-2-6-10)7(11)4-5-9(12)13/h4-5H,2-3,6,10-11H2,1H3. The first-order valence-corrected chi connectivity index (χ1v) is 4.31. The Balaban J connectivity index is 3.03. The van der Waals surface area contributed by atoms with Crippen molar-refractivity contribution >= 4 is 5.69 Å². The van der Waals surface area contributed by atoms with Crippen LogP contribution in [-0.4, -0.2) is 11.1 Å². The lowest BCUT2D eigenvalue weighted by molar-refractivity contribution is 0.728. The quantitative estimate of drug-likeness (QED) is 0.681. The molecule has 0 amide bonds. The van der Waals surface area contributed by atoms with Crippen molar-refractivity contribution < 1.29 is 0 Å². The molecule has 1 aromatic heterocycles. The van der Waals surface area contributed by atoms with E-state index in [0.717, 1.165) is 18.5 Å². The molecule has 0 bridgehead atoms. The van der Waals surface area contributed by atoms with E-state index in [2.05, 4.69) is 0 Å². The van der Waals surface area contributed by atoms with Crippen LogP contribution in [-0.2, 0) is 13.5 Å². The third-order valence-corrected chi connectivity index (χ3v) is 2.09. The molecule has 4 nitrogen and oxygen atoms in total. The van der Waals surface area contributed by atoms with Gasteiger partial charge in [0.2, 0.25) is 0 Å². The van der Waals surface area contributed by atoms with Crippen LogP contribution in [0.25, 0.3) is 0 Å². The fraction of sp³-hybridized carbons (Fsp3) is 0.444. The Morgan fingerprint density at radius 3 is 2.77 bits per heavy atom. The van der Waals surface area contributed by atoms with E-state index >= 15 is 0 Å². The number of pyridine rings is 1. The summed E-state index contributed by atoms with van der Waals surface area (Å²) in [5, 5.41) is 0. The average molecular weight is 181 g/mol. The Kier molecular flexibility index (Phi) is 3.08. The first-order valence-electron chi connectivity index (χ1n) is 4.31. The monoisotopic (exact) mass is 181 g/mol. The molecule has 0 saturated carbocycles. The molecule has 0 aliphatic heterocycles. The molecular weight excluding hydrogens is 166 g/mol. The normalized spacial score (nSPS) is 10.3. The number of anilines is 1. The second-order valence-electron chi connectivity index (χ2n) is 3.02. The zero-order valence-electron chi connectivity index (χ0n) is 7.79. The van der Waals surface area contributed by atoms with Gasteiger partial charge in [-0.25, -0.2) is 0 Å². The van der Waals surface area contributed by atoms with Crippen molar-refractivity contribution in [1.29, 1.82) is 0 Å². The van der Waals surface area contributed by atoms with Gasteiger partial charge in [-0.3, -0.25) is 4.79 Å². The molecule has 72 valence electrons. The lowest BCUT2D eigenvalue weighted by Crippen LogP contribution is -2.21. The van der Waals surface area contributed by atoms with Crippen LogP contribution < -0.4 is 17.0 Å². The lowest BCUT2D eigenvalue weighted by atomic mass is 10.2. The van der Waals surface area contributed by atoms with Gasteiger partial charge in [-0.05, 0) is 25.5 Å². The van der Waals surface area contributed by atoms with Crippen LogP contribution in [0.5, 0.6) is 0 Å². The van der Waals surface area contributed by atoms with E-state index in [0.29, 0.717) is 12.2 Å². The fourth-order valence-electron chi connectivity index (χ4n) is 1.28. The van der Waals surface area contributed by atoms with E-state index in [4.69, 9.17) is 11.5 Å². The number of nitrogens with two attached hydrogens (primary N) is 2. The number of rotatable bonds is 3. The minimum Gasteiger partial charge on any atom is -0.397 e. The molecule has 0 spiro atoms. The van der Waals surface area contributed by atoms with Crippen molar-refractivity contribution in [2.45, 2.75) is 12.8 Å². The van der Waals surface area contributed by atoms with Crippen LogP contribution in [0.4, 0.5) is 5.69 Å². The third kappa shape index (κ3) is 2.09. The molecule has 0 saturated heterocycles. The topological polar surface area (TPSA) is 74.0 Å². The van der Waals surface area contributed by atoms with Gasteiger partial charge in [0.25, 0.3) is 5.56 Å². The first kappa shape index (κ1) is 9.80. The molecule has 1 rings (SSSR count). The van der Waals surface area contributed by atoms with Gasteiger partial charge in [-0.1, -0.05) is 0 Å². The zero-order chi connectivity index (χ0) is 9.84. The molecular formula is C9H15N3O. The van der Waals surface area contributed by atoms with E-state index < -0.39 is 0 Å². The third-order valence-electron chi connectivity index (χ3n) is 2.09. The van der Waals surface area contributed by atoms with Crippen LogP contribution in [0.3, 0.4) is 0 Å². The lowest BCUT2D eigenvalue weighted by Gasteiger charge is -2.09. The molecule has 1 aromatic rings. The summed E-state index contributed by atoms with van der Waals surface area (Å²) in [6.45, 7) is 0.614. The van der Waals surface area contributed by atoms with E-state index in [-0.39, 0.29) is 5.56 Å². The molecule has 4 heteroatoms. The molecule has 0 unspecified atom stereocenters. The molecule has 0 aromatic carbocycles. The van der Waals surface area contributed by atoms with Crippen molar-refractivity contribution in [1.82, 2.24) is 4.57 Å². The van der Waals surface area contributed by atoms with Crippen molar-refractivity contribution in [3.8, 4) is 0 Å². The Bertz CT molecular complexity index is 343. The second kappa shape index (κ2) is 4.09. The minimum absolute atomic E-state index is 0.0266. The number of hydrogen-bond acceptors (Lipinski definition) is 3. The Labute approximate surface area is 77.2 Å². The summed E-state index contributed by atoms with van der Waals surface area (Å²) in [6.07, 6.45) is 1.61. The van der Waals surface area contributed by atoms with Crippen LogP contribution in [0.2, 0.25) is 0 Å². The fourth-order valence-corrected chi connectivity index (χ4v) is 1.28. The van der Waals surface area contributed by atoms with Crippen LogP contribution in [0, 0.1) is 0 Å². The van der Waals surface area contributed by atoms with Gasteiger partial charge in [0, 0.05) is 18.8 Å². The van der Waals surface area contributed by atoms with Gasteiger partial charge in [0.1, 0.15) is 0 Å². The summed E-state index contributed by atoms with van der Waals surface area (Å²) in [6, 6.07) is 3.12. The highest BCUT2D eigenvalue weighted by Crippen LogP contribution is 2.09. The summed E-state index contributed by atoms with van der Waals surface area (Å²) in [4.78, 5) is 11.2. The maximum Gasteiger partial charge on any atom is 0.250 e. The van der Waals surface area contributed by atoms with Crippen LogP contribution in [0.1, 0.15) is 12.1 Å². The van der Waals surface area contributed by atoms with Gasteiger partial charge < -0.3 is 16.0 Å². The van der Waals surface area contributed by atoms with Gasteiger partial charge in [-0.15, -0.1) is 0 Å². The molecule has 4 N–H and O–H groups in total. The number of aromatic nitrogens is 1. The van der Waals surface area contributed by atoms with Crippen molar-refractivity contribution in [2.24, 2.45) is 12.8 Å². The highest BCUT2D eigenvalue weighted by molar-refractivity contribution is 5.42. The average Bonchev–Trinajstić information content (AvgIpc) is 2.12. The van der Waals surface area contributed by atoms with E-state index in [1.807, 2.05) is 0 Å². The highest BCUT2D eigenvalue weighted by atomic mass is 16.1. The minimum atomic E-state index is -0.0266. The summed E-state index contributed by atoms with van der Waals surface area (Å²) < 4.78 is 1.57. The largest absolute Gasteiger partial charge is 0.397 e. The number of nitrogen functional groups attached to an aromatic ring is 1. The molecule has 0 aliphatic carbocycles. The maximum atomic E-state index is 11.2. The predicted octanol–water partition coefficient (Wildman–Crippen LogP) is -0.141. The molecule has 0 fully saturated rings. The van der Waals surface area contributed by atoms with Gasteiger partial charge in [-0.2, -0.15) is 0 Å². The van der Waals surface area contributed by atoms with Crippen molar-refractivity contribution in [3.05, 3.63) is 28.2 Å². The Hall–Kier alpha value is -1.29. The van der Waals surface area contributed by atoms with Crippen LogP contribution >= 0.6 is 0 Å². The molecule has 13 heavy (non-hydrogen) atoms. The summed E-state index contributed by atoms with van der Waals surface area (Å²) >= 11 is 0. The highest BCUT2D eigenvalue weighted by Gasteiger charge is 2.03.